The predicted molar refractivity (Wildman–Crippen MR) is 84.1 cm³/mol. The summed E-state index contributed by atoms with van der Waals surface area (Å²) in [7, 11) is 1.86. The average molecular weight is 304 g/mol. The maximum Gasteiger partial charge on any atom is 0.230 e. The van der Waals surface area contributed by atoms with Crippen molar-refractivity contribution >= 4 is 17.7 Å². The molecule has 0 spiro atoms. The fourth-order valence-corrected chi connectivity index (χ4v) is 2.65. The lowest BCUT2D eigenvalue weighted by atomic mass is 10.1. The van der Waals surface area contributed by atoms with E-state index < -0.39 is 0 Å². The van der Waals surface area contributed by atoms with E-state index in [4.69, 9.17) is 0 Å². The zero-order chi connectivity index (χ0) is 15.1. The normalized spacial score (nSPS) is 12.1. The highest BCUT2D eigenvalue weighted by molar-refractivity contribution is 7.99. The molecule has 0 bridgehead atoms. The van der Waals surface area contributed by atoms with Crippen LogP contribution in [0, 0.1) is 0 Å². The molecule has 1 amide bonds. The number of rotatable bonds is 7. The van der Waals surface area contributed by atoms with Gasteiger partial charge in [0.05, 0.1) is 5.75 Å². The average Bonchev–Trinajstić information content (AvgIpc) is 2.89. The van der Waals surface area contributed by atoms with Crippen molar-refractivity contribution in [2.45, 2.75) is 31.0 Å². The molecule has 6 heteroatoms. The molecule has 1 N–H and O–H groups in total. The van der Waals surface area contributed by atoms with E-state index >= 15 is 0 Å². The molecule has 1 aromatic carbocycles. The molecule has 0 unspecified atom stereocenters. The summed E-state index contributed by atoms with van der Waals surface area (Å²) in [6.45, 7) is 2.04. The molecule has 1 atom stereocenters. The van der Waals surface area contributed by atoms with Crippen LogP contribution < -0.4 is 5.32 Å². The maximum atomic E-state index is 11.9. The summed E-state index contributed by atoms with van der Waals surface area (Å²) in [5.41, 5.74) is 1.30. The van der Waals surface area contributed by atoms with Crippen LogP contribution in [0.5, 0.6) is 0 Å². The third kappa shape index (κ3) is 5.23. The van der Waals surface area contributed by atoms with E-state index in [0.717, 1.165) is 18.0 Å². The van der Waals surface area contributed by atoms with Crippen molar-refractivity contribution in [3.8, 4) is 0 Å². The highest BCUT2D eigenvalue weighted by Crippen LogP contribution is 2.12. The lowest BCUT2D eigenvalue weighted by Gasteiger charge is -2.13. The van der Waals surface area contributed by atoms with Gasteiger partial charge in [-0.2, -0.15) is 0 Å². The number of hydrogen-bond acceptors (Lipinski definition) is 4. The summed E-state index contributed by atoms with van der Waals surface area (Å²) in [5.74, 6) is 0.394. The van der Waals surface area contributed by atoms with E-state index in [0.29, 0.717) is 5.75 Å². The second-order valence-electron chi connectivity index (χ2n) is 5.01. The maximum absolute atomic E-state index is 11.9. The third-order valence-corrected chi connectivity index (χ3v) is 4.15. The van der Waals surface area contributed by atoms with Gasteiger partial charge in [0.2, 0.25) is 5.91 Å². The molecule has 5 nitrogen and oxygen atoms in total. The minimum absolute atomic E-state index is 0.0311. The zero-order valence-corrected chi connectivity index (χ0v) is 13.1. The fourth-order valence-electron chi connectivity index (χ4n) is 1.95. The predicted octanol–water partition coefficient (Wildman–Crippen LogP) is 2.04. The number of nitrogens with zero attached hydrogens (tertiary/aromatic N) is 3. The molecule has 0 fully saturated rings. The molecule has 0 radical (unpaired) electrons. The Balaban J connectivity index is 1.68. The second kappa shape index (κ2) is 7.83. The van der Waals surface area contributed by atoms with Crippen LogP contribution in [0.15, 0.2) is 41.8 Å². The smallest absolute Gasteiger partial charge is 0.230 e. The Morgan fingerprint density at radius 2 is 2.14 bits per heavy atom. The van der Waals surface area contributed by atoms with E-state index in [9.17, 15) is 4.79 Å². The quantitative estimate of drug-likeness (QED) is 0.795. The van der Waals surface area contributed by atoms with Crippen molar-refractivity contribution in [1.29, 1.82) is 0 Å². The van der Waals surface area contributed by atoms with Crippen molar-refractivity contribution in [3.63, 3.8) is 0 Å². The van der Waals surface area contributed by atoms with Crippen LogP contribution in [0.2, 0.25) is 0 Å². The first-order chi connectivity index (χ1) is 10.1. The molecular weight excluding hydrogens is 284 g/mol. The van der Waals surface area contributed by atoms with Gasteiger partial charge in [-0.15, -0.1) is 10.2 Å². The van der Waals surface area contributed by atoms with Gasteiger partial charge in [-0.1, -0.05) is 42.1 Å². The molecule has 112 valence electrons. The summed E-state index contributed by atoms with van der Waals surface area (Å²) >= 11 is 1.40. The lowest BCUT2D eigenvalue weighted by molar-refractivity contribution is -0.119. The molecule has 0 saturated carbocycles. The minimum atomic E-state index is 0.0311. The number of carbonyl (C=O) groups excluding carboxylic acids is 1. The summed E-state index contributed by atoms with van der Waals surface area (Å²) in [5, 5.41) is 11.5. The van der Waals surface area contributed by atoms with Crippen molar-refractivity contribution < 1.29 is 4.79 Å². The third-order valence-electron chi connectivity index (χ3n) is 3.12. The van der Waals surface area contributed by atoms with Gasteiger partial charge in [-0.3, -0.25) is 4.79 Å². The Labute approximate surface area is 129 Å². The van der Waals surface area contributed by atoms with Crippen LogP contribution in [0.1, 0.15) is 18.9 Å². The zero-order valence-electron chi connectivity index (χ0n) is 12.3. The SMILES string of the molecule is C[C@@H](CCc1ccccc1)NC(=O)CSc1nncn1C. The number of aryl methyl sites for hydroxylation is 2. The molecule has 21 heavy (non-hydrogen) atoms. The molecular formula is C15H20N4OS. The number of aromatic nitrogens is 3. The molecule has 1 aromatic heterocycles. The van der Waals surface area contributed by atoms with Gasteiger partial charge < -0.3 is 9.88 Å². The molecule has 0 aliphatic heterocycles. The number of benzene rings is 1. The van der Waals surface area contributed by atoms with Gasteiger partial charge >= 0.3 is 0 Å². The summed E-state index contributed by atoms with van der Waals surface area (Å²) < 4.78 is 1.80. The Hall–Kier alpha value is -1.82. The van der Waals surface area contributed by atoms with Crippen molar-refractivity contribution in [2.75, 3.05) is 5.75 Å². The van der Waals surface area contributed by atoms with Crippen LogP contribution in [0.3, 0.4) is 0 Å². The number of nitrogens with one attached hydrogen (secondary N) is 1. The van der Waals surface area contributed by atoms with Crippen molar-refractivity contribution in [3.05, 3.63) is 42.2 Å². The molecule has 0 saturated heterocycles. The summed E-state index contributed by atoms with van der Waals surface area (Å²) in [4.78, 5) is 11.9. The van der Waals surface area contributed by atoms with Crippen molar-refractivity contribution in [1.82, 2.24) is 20.1 Å². The molecule has 0 aliphatic carbocycles. The van der Waals surface area contributed by atoms with Crippen LogP contribution in [0.4, 0.5) is 0 Å². The van der Waals surface area contributed by atoms with Gasteiger partial charge in [-0.05, 0) is 25.3 Å². The van der Waals surface area contributed by atoms with E-state index in [2.05, 4.69) is 27.6 Å². The molecule has 1 heterocycles. The Morgan fingerprint density at radius 1 is 1.38 bits per heavy atom. The van der Waals surface area contributed by atoms with Gasteiger partial charge in [0.15, 0.2) is 5.16 Å². The Morgan fingerprint density at radius 3 is 2.81 bits per heavy atom. The van der Waals surface area contributed by atoms with Crippen LogP contribution in [-0.2, 0) is 18.3 Å². The van der Waals surface area contributed by atoms with Gasteiger partial charge in [0.25, 0.3) is 0 Å². The van der Waals surface area contributed by atoms with Crippen LogP contribution >= 0.6 is 11.8 Å². The van der Waals surface area contributed by atoms with Gasteiger partial charge in [-0.25, -0.2) is 0 Å². The second-order valence-corrected chi connectivity index (χ2v) is 5.95. The minimum Gasteiger partial charge on any atom is -0.353 e. The first kappa shape index (κ1) is 15.6. The Bertz CT molecular complexity index is 570. The van der Waals surface area contributed by atoms with Gasteiger partial charge in [0, 0.05) is 13.1 Å². The van der Waals surface area contributed by atoms with Crippen LogP contribution in [0.25, 0.3) is 0 Å². The summed E-state index contributed by atoms with van der Waals surface area (Å²) in [6, 6.07) is 10.5. The van der Waals surface area contributed by atoms with E-state index in [1.54, 1.807) is 10.9 Å². The lowest BCUT2D eigenvalue weighted by Crippen LogP contribution is -2.34. The number of hydrogen-bond donors (Lipinski definition) is 1. The van der Waals surface area contributed by atoms with E-state index in [1.807, 2.05) is 32.2 Å². The summed E-state index contributed by atoms with van der Waals surface area (Å²) in [6.07, 6.45) is 3.53. The Kier molecular flexibility index (Phi) is 5.80. The molecule has 0 aliphatic rings. The monoisotopic (exact) mass is 304 g/mol. The van der Waals surface area contributed by atoms with Crippen LogP contribution in [-0.4, -0.2) is 32.5 Å². The topological polar surface area (TPSA) is 59.8 Å². The highest BCUT2D eigenvalue weighted by Gasteiger charge is 2.10. The largest absolute Gasteiger partial charge is 0.353 e. The standard InChI is InChI=1S/C15H20N4OS/c1-12(8-9-13-6-4-3-5-7-13)17-14(20)10-21-15-18-16-11-19(15)2/h3-7,11-12H,8-10H2,1-2H3,(H,17,20)/t12-/m0/s1. The first-order valence-electron chi connectivity index (χ1n) is 6.95. The molecule has 2 rings (SSSR count). The number of amides is 1. The van der Waals surface area contributed by atoms with Crippen molar-refractivity contribution in [2.24, 2.45) is 7.05 Å². The van der Waals surface area contributed by atoms with E-state index in [1.165, 1.54) is 17.3 Å². The fraction of sp³-hybridized carbons (Fsp3) is 0.400. The highest BCUT2D eigenvalue weighted by atomic mass is 32.2. The number of thioether (sulfide) groups is 1. The number of carbonyl (C=O) groups is 1. The van der Waals surface area contributed by atoms with E-state index in [-0.39, 0.29) is 11.9 Å². The molecule has 2 aromatic rings. The van der Waals surface area contributed by atoms with Gasteiger partial charge in [0.1, 0.15) is 6.33 Å². The first-order valence-corrected chi connectivity index (χ1v) is 7.94.